The number of methoxy groups -OCH3 is 1. The van der Waals surface area contributed by atoms with Gasteiger partial charge in [0.1, 0.15) is 5.75 Å². The van der Waals surface area contributed by atoms with E-state index in [4.69, 9.17) is 10.5 Å². The molecule has 1 aromatic rings. The third kappa shape index (κ3) is 3.95. The molecular formula is C14H22N2O2. The Balaban J connectivity index is 2.68. The third-order valence-electron chi connectivity index (χ3n) is 2.69. The number of rotatable bonds is 4. The molecule has 1 rings (SSSR count). The van der Waals surface area contributed by atoms with Crippen molar-refractivity contribution >= 4 is 11.6 Å². The van der Waals surface area contributed by atoms with Crippen LogP contribution in [0.5, 0.6) is 5.75 Å². The molecule has 4 heteroatoms. The van der Waals surface area contributed by atoms with Crippen LogP contribution in [0.1, 0.15) is 37.6 Å². The molecular weight excluding hydrogens is 228 g/mol. The van der Waals surface area contributed by atoms with Gasteiger partial charge in [-0.2, -0.15) is 0 Å². The van der Waals surface area contributed by atoms with Gasteiger partial charge in [0, 0.05) is 6.54 Å². The number of nitrogens with one attached hydrogen (secondary N) is 1. The van der Waals surface area contributed by atoms with E-state index < -0.39 is 0 Å². The highest BCUT2D eigenvalue weighted by atomic mass is 16.5. The number of carbonyl (C=O) groups excluding carboxylic acids is 1. The second kappa shape index (κ2) is 5.76. The third-order valence-corrected chi connectivity index (χ3v) is 2.69. The quantitative estimate of drug-likeness (QED) is 0.807. The number of para-hydroxylation sites is 1. The van der Waals surface area contributed by atoms with Gasteiger partial charge in [-0.15, -0.1) is 0 Å². The van der Waals surface area contributed by atoms with Crippen LogP contribution in [0.3, 0.4) is 0 Å². The van der Waals surface area contributed by atoms with Gasteiger partial charge in [0.05, 0.1) is 18.4 Å². The number of nitrogens with two attached hydrogens (primary N) is 1. The molecule has 4 nitrogen and oxygen atoms in total. The van der Waals surface area contributed by atoms with E-state index >= 15 is 0 Å². The van der Waals surface area contributed by atoms with E-state index in [2.05, 4.69) is 26.1 Å². The zero-order chi connectivity index (χ0) is 13.8. The van der Waals surface area contributed by atoms with Gasteiger partial charge in [-0.3, -0.25) is 4.79 Å². The Morgan fingerprint density at radius 2 is 2.06 bits per heavy atom. The zero-order valence-corrected chi connectivity index (χ0v) is 11.5. The van der Waals surface area contributed by atoms with Crippen molar-refractivity contribution in [1.29, 1.82) is 0 Å². The number of amides is 1. The number of hydrogen-bond donors (Lipinski definition) is 2. The first-order chi connectivity index (χ1) is 8.35. The molecule has 0 atom stereocenters. The first-order valence-electron chi connectivity index (χ1n) is 6.06. The molecule has 0 aliphatic rings. The highest BCUT2D eigenvalue weighted by molar-refractivity contribution is 6.00. The zero-order valence-electron chi connectivity index (χ0n) is 11.5. The van der Waals surface area contributed by atoms with Crippen LogP contribution in [-0.4, -0.2) is 19.6 Å². The predicted molar refractivity (Wildman–Crippen MR) is 73.8 cm³/mol. The Labute approximate surface area is 109 Å². The van der Waals surface area contributed by atoms with Crippen LogP contribution in [0, 0.1) is 5.41 Å². The second-order valence-corrected chi connectivity index (χ2v) is 5.49. The topological polar surface area (TPSA) is 64.3 Å². The maximum absolute atomic E-state index is 12.0. The van der Waals surface area contributed by atoms with Crippen molar-refractivity contribution in [3.63, 3.8) is 0 Å². The van der Waals surface area contributed by atoms with Crippen molar-refractivity contribution in [2.24, 2.45) is 5.41 Å². The number of hydrogen-bond acceptors (Lipinski definition) is 3. The Bertz CT molecular complexity index is 422. The lowest BCUT2D eigenvalue weighted by atomic mass is 9.92. The fourth-order valence-electron chi connectivity index (χ4n) is 1.57. The summed E-state index contributed by atoms with van der Waals surface area (Å²) in [5, 5.41) is 2.87. The van der Waals surface area contributed by atoms with Gasteiger partial charge in [0.15, 0.2) is 0 Å². The summed E-state index contributed by atoms with van der Waals surface area (Å²) >= 11 is 0. The molecule has 0 saturated carbocycles. The standard InChI is InChI=1S/C14H22N2O2/c1-14(2,3)8-9-16-13(17)10-6-5-7-11(18-4)12(10)15/h5-7H,8-9,15H2,1-4H3,(H,16,17). The number of benzene rings is 1. The summed E-state index contributed by atoms with van der Waals surface area (Å²) in [6.07, 6.45) is 0.919. The van der Waals surface area contributed by atoms with Gasteiger partial charge >= 0.3 is 0 Å². The molecule has 0 fully saturated rings. The van der Waals surface area contributed by atoms with Crippen molar-refractivity contribution in [2.75, 3.05) is 19.4 Å². The van der Waals surface area contributed by atoms with Gasteiger partial charge in [-0.1, -0.05) is 26.8 Å². The molecule has 0 saturated heterocycles. The molecule has 1 aromatic carbocycles. The van der Waals surface area contributed by atoms with E-state index in [9.17, 15) is 4.79 Å². The van der Waals surface area contributed by atoms with Crippen LogP contribution in [0.25, 0.3) is 0 Å². The van der Waals surface area contributed by atoms with E-state index in [0.717, 1.165) is 6.42 Å². The van der Waals surface area contributed by atoms with Crippen LogP contribution in [-0.2, 0) is 0 Å². The fourth-order valence-corrected chi connectivity index (χ4v) is 1.57. The van der Waals surface area contributed by atoms with Gasteiger partial charge in [-0.25, -0.2) is 0 Å². The second-order valence-electron chi connectivity index (χ2n) is 5.49. The SMILES string of the molecule is COc1cccc(C(=O)NCCC(C)(C)C)c1N. The summed E-state index contributed by atoms with van der Waals surface area (Å²) in [6, 6.07) is 5.19. The molecule has 0 aliphatic carbocycles. The van der Waals surface area contributed by atoms with Crippen LogP contribution in [0.15, 0.2) is 18.2 Å². The van der Waals surface area contributed by atoms with Crippen LogP contribution >= 0.6 is 0 Å². The molecule has 0 aliphatic heterocycles. The lowest BCUT2D eigenvalue weighted by Crippen LogP contribution is -2.28. The molecule has 100 valence electrons. The summed E-state index contributed by atoms with van der Waals surface area (Å²) < 4.78 is 5.09. The summed E-state index contributed by atoms with van der Waals surface area (Å²) in [5.74, 6) is 0.370. The van der Waals surface area contributed by atoms with Gasteiger partial charge in [0.25, 0.3) is 5.91 Å². The normalized spacial score (nSPS) is 11.1. The number of nitrogen functional groups attached to an aromatic ring is 1. The summed E-state index contributed by atoms with van der Waals surface area (Å²) in [5.41, 5.74) is 6.91. The van der Waals surface area contributed by atoms with E-state index in [-0.39, 0.29) is 11.3 Å². The average Bonchev–Trinajstić information content (AvgIpc) is 2.27. The number of ether oxygens (including phenoxy) is 1. The minimum Gasteiger partial charge on any atom is -0.495 e. The Morgan fingerprint density at radius 1 is 1.39 bits per heavy atom. The summed E-state index contributed by atoms with van der Waals surface area (Å²) in [7, 11) is 1.53. The minimum atomic E-state index is -0.157. The van der Waals surface area contributed by atoms with Crippen molar-refractivity contribution in [1.82, 2.24) is 5.32 Å². The monoisotopic (exact) mass is 250 g/mol. The van der Waals surface area contributed by atoms with Crippen molar-refractivity contribution in [3.05, 3.63) is 23.8 Å². The average molecular weight is 250 g/mol. The van der Waals surface area contributed by atoms with Crippen LogP contribution < -0.4 is 15.8 Å². The molecule has 1 amide bonds. The van der Waals surface area contributed by atoms with Gasteiger partial charge in [0.2, 0.25) is 0 Å². The highest BCUT2D eigenvalue weighted by Crippen LogP contribution is 2.24. The van der Waals surface area contributed by atoms with E-state index in [0.29, 0.717) is 23.5 Å². The molecule has 0 bridgehead atoms. The molecule has 0 aromatic heterocycles. The number of anilines is 1. The first-order valence-corrected chi connectivity index (χ1v) is 6.06. The molecule has 0 spiro atoms. The number of carbonyl (C=O) groups is 1. The molecule has 0 radical (unpaired) electrons. The smallest absolute Gasteiger partial charge is 0.253 e. The van der Waals surface area contributed by atoms with Crippen molar-refractivity contribution < 1.29 is 9.53 Å². The van der Waals surface area contributed by atoms with E-state index in [1.807, 2.05) is 0 Å². The largest absolute Gasteiger partial charge is 0.495 e. The van der Waals surface area contributed by atoms with Crippen molar-refractivity contribution in [2.45, 2.75) is 27.2 Å². The fraction of sp³-hybridized carbons (Fsp3) is 0.500. The summed E-state index contributed by atoms with van der Waals surface area (Å²) in [4.78, 5) is 12.0. The van der Waals surface area contributed by atoms with E-state index in [1.54, 1.807) is 18.2 Å². The Kier molecular flexibility index (Phi) is 4.59. The maximum atomic E-state index is 12.0. The first kappa shape index (κ1) is 14.4. The highest BCUT2D eigenvalue weighted by Gasteiger charge is 2.14. The molecule has 3 N–H and O–H groups in total. The molecule has 0 heterocycles. The lowest BCUT2D eigenvalue weighted by Gasteiger charge is -2.18. The lowest BCUT2D eigenvalue weighted by molar-refractivity contribution is 0.0950. The molecule has 18 heavy (non-hydrogen) atoms. The Morgan fingerprint density at radius 3 is 2.61 bits per heavy atom. The van der Waals surface area contributed by atoms with Crippen molar-refractivity contribution in [3.8, 4) is 5.75 Å². The van der Waals surface area contributed by atoms with Gasteiger partial charge in [-0.05, 0) is 24.0 Å². The predicted octanol–water partition coefficient (Wildman–Crippen LogP) is 2.44. The van der Waals surface area contributed by atoms with E-state index in [1.165, 1.54) is 7.11 Å². The van der Waals surface area contributed by atoms with Gasteiger partial charge < -0.3 is 15.8 Å². The minimum absolute atomic E-state index is 0.157. The molecule has 0 unspecified atom stereocenters. The maximum Gasteiger partial charge on any atom is 0.253 e. The van der Waals surface area contributed by atoms with Crippen LogP contribution in [0.4, 0.5) is 5.69 Å². The van der Waals surface area contributed by atoms with Crippen LogP contribution in [0.2, 0.25) is 0 Å². The Hall–Kier alpha value is -1.71. The summed E-state index contributed by atoms with van der Waals surface area (Å²) in [6.45, 7) is 7.05.